The largest absolute Gasteiger partial charge is 0.373 e. The number of nitrogens with zero attached hydrogens (tertiary/aromatic N) is 2. The van der Waals surface area contributed by atoms with Crippen molar-refractivity contribution in [2.24, 2.45) is 0 Å². The molecule has 170 valence electrons. The zero-order valence-corrected chi connectivity index (χ0v) is 17.4. The highest BCUT2D eigenvalue weighted by Gasteiger charge is 2.35. The van der Waals surface area contributed by atoms with Gasteiger partial charge in [0, 0.05) is 44.8 Å². The number of carbonyl (C=O) groups excluding carboxylic acids is 2. The van der Waals surface area contributed by atoms with Crippen LogP contribution < -0.4 is 20.9 Å². The Bertz CT molecular complexity index is 815. The third-order valence-electron chi connectivity index (χ3n) is 6.29. The van der Waals surface area contributed by atoms with E-state index in [2.05, 4.69) is 16.0 Å². The minimum Gasteiger partial charge on any atom is -0.373 e. The number of imide groups is 1. The van der Waals surface area contributed by atoms with E-state index < -0.39 is 29.3 Å². The summed E-state index contributed by atoms with van der Waals surface area (Å²) in [4.78, 5) is 26.8. The molecule has 0 aliphatic carbocycles. The number of anilines is 2. The molecule has 0 radical (unpaired) electrons. The molecule has 1 aromatic carbocycles. The van der Waals surface area contributed by atoms with Crippen LogP contribution in [0.3, 0.4) is 0 Å². The van der Waals surface area contributed by atoms with Gasteiger partial charge in [0.2, 0.25) is 11.8 Å². The van der Waals surface area contributed by atoms with Gasteiger partial charge >= 0.3 is 0 Å². The number of rotatable bonds is 5. The number of amides is 2. The van der Waals surface area contributed by atoms with Gasteiger partial charge in [0.1, 0.15) is 17.4 Å². The topological polar surface area (TPSA) is 76.7 Å². The molecule has 3 aliphatic heterocycles. The minimum absolute atomic E-state index is 0.106. The van der Waals surface area contributed by atoms with Crippen molar-refractivity contribution in [3.05, 3.63) is 23.8 Å². The predicted molar refractivity (Wildman–Crippen MR) is 111 cm³/mol. The molecule has 0 saturated carbocycles. The van der Waals surface area contributed by atoms with Crippen molar-refractivity contribution in [1.82, 2.24) is 15.5 Å². The molecule has 1 aromatic rings. The van der Waals surface area contributed by atoms with Gasteiger partial charge in [-0.3, -0.25) is 19.8 Å². The van der Waals surface area contributed by atoms with Crippen molar-refractivity contribution in [3.8, 4) is 0 Å². The Kier molecular flexibility index (Phi) is 6.38. The predicted octanol–water partition coefficient (Wildman–Crippen LogP) is 1.40. The highest BCUT2D eigenvalue weighted by molar-refractivity contribution is 6.01. The smallest absolute Gasteiger partial charge is 0.249 e. The molecular formula is C21H28F3N5O2. The number of hydrogen-bond donors (Lipinski definition) is 3. The van der Waals surface area contributed by atoms with Crippen LogP contribution in [0.15, 0.2) is 12.1 Å². The number of benzene rings is 1. The lowest BCUT2D eigenvalue weighted by molar-refractivity contribution is -0.133. The lowest BCUT2D eigenvalue weighted by atomic mass is 9.93. The highest BCUT2D eigenvalue weighted by atomic mass is 19.1. The first-order chi connectivity index (χ1) is 14.8. The van der Waals surface area contributed by atoms with E-state index in [-0.39, 0.29) is 30.1 Å². The molecule has 31 heavy (non-hydrogen) atoms. The standard InChI is InChI=1S/C21H28F3N5O2/c22-15-11-14(26-17-1-2-18(30)27-20(17)31)12-16(23)19(15)29-9-7-28(8-10-29)13-21(24)3-5-25-6-4-21/h11-12,17,25-26H,1-10,13H2,(H,27,30,31). The number of carbonyl (C=O) groups is 2. The number of nitrogens with one attached hydrogen (secondary N) is 3. The highest BCUT2D eigenvalue weighted by Crippen LogP contribution is 2.30. The molecule has 7 nitrogen and oxygen atoms in total. The van der Waals surface area contributed by atoms with Crippen LogP contribution in [0.2, 0.25) is 0 Å². The molecule has 3 aliphatic rings. The molecule has 3 fully saturated rings. The van der Waals surface area contributed by atoms with E-state index in [0.717, 1.165) is 0 Å². The van der Waals surface area contributed by atoms with Crippen LogP contribution in [-0.4, -0.2) is 74.2 Å². The van der Waals surface area contributed by atoms with E-state index in [4.69, 9.17) is 0 Å². The third kappa shape index (κ3) is 5.12. The Morgan fingerprint density at radius 1 is 1.06 bits per heavy atom. The lowest BCUT2D eigenvalue weighted by Gasteiger charge is -2.40. The summed E-state index contributed by atoms with van der Waals surface area (Å²) in [6.45, 7) is 3.58. The van der Waals surface area contributed by atoms with Gasteiger partial charge in [0.15, 0.2) is 11.6 Å². The molecule has 4 rings (SSSR count). The summed E-state index contributed by atoms with van der Waals surface area (Å²) in [6, 6.07) is 1.62. The van der Waals surface area contributed by atoms with Crippen LogP contribution in [0, 0.1) is 11.6 Å². The summed E-state index contributed by atoms with van der Waals surface area (Å²) in [5, 5.41) is 8.17. The van der Waals surface area contributed by atoms with Crippen LogP contribution in [0.5, 0.6) is 0 Å². The van der Waals surface area contributed by atoms with Crippen molar-refractivity contribution in [2.45, 2.75) is 37.4 Å². The van der Waals surface area contributed by atoms with Gasteiger partial charge in [-0.25, -0.2) is 13.2 Å². The van der Waals surface area contributed by atoms with E-state index in [0.29, 0.717) is 58.7 Å². The first kappa shape index (κ1) is 21.9. The monoisotopic (exact) mass is 439 g/mol. The van der Waals surface area contributed by atoms with Gasteiger partial charge in [-0.05, 0) is 44.5 Å². The molecule has 3 heterocycles. The summed E-state index contributed by atoms with van der Waals surface area (Å²) in [5.74, 6) is -2.29. The first-order valence-corrected chi connectivity index (χ1v) is 10.8. The van der Waals surface area contributed by atoms with E-state index in [9.17, 15) is 22.8 Å². The van der Waals surface area contributed by atoms with Gasteiger partial charge < -0.3 is 15.5 Å². The van der Waals surface area contributed by atoms with Crippen molar-refractivity contribution in [2.75, 3.05) is 56.0 Å². The fourth-order valence-electron chi connectivity index (χ4n) is 4.55. The maximum atomic E-state index is 14.9. The molecular weight excluding hydrogens is 411 g/mol. The second-order valence-corrected chi connectivity index (χ2v) is 8.60. The third-order valence-corrected chi connectivity index (χ3v) is 6.29. The molecule has 0 bridgehead atoms. The molecule has 1 unspecified atom stereocenters. The molecule has 0 spiro atoms. The Morgan fingerprint density at radius 2 is 1.71 bits per heavy atom. The van der Waals surface area contributed by atoms with Crippen LogP contribution in [0.25, 0.3) is 0 Å². The number of alkyl halides is 1. The second kappa shape index (κ2) is 9.04. The van der Waals surface area contributed by atoms with Crippen LogP contribution in [0.4, 0.5) is 24.5 Å². The van der Waals surface area contributed by atoms with Crippen LogP contribution in [-0.2, 0) is 9.59 Å². The van der Waals surface area contributed by atoms with Crippen LogP contribution >= 0.6 is 0 Å². The molecule has 10 heteroatoms. The SMILES string of the molecule is O=C1CCC(Nc2cc(F)c(N3CCN(CC4(F)CCNCC4)CC3)c(F)c2)C(=O)N1. The zero-order chi connectivity index (χ0) is 22.0. The minimum atomic E-state index is -1.20. The van der Waals surface area contributed by atoms with Crippen molar-refractivity contribution >= 4 is 23.2 Å². The summed E-state index contributed by atoms with van der Waals surface area (Å²) >= 11 is 0. The molecule has 3 saturated heterocycles. The van der Waals surface area contributed by atoms with Crippen molar-refractivity contribution in [1.29, 1.82) is 0 Å². The lowest BCUT2D eigenvalue weighted by Crippen LogP contribution is -2.53. The summed E-state index contributed by atoms with van der Waals surface area (Å²) in [7, 11) is 0. The Hall–Kier alpha value is -2.33. The maximum absolute atomic E-state index is 14.9. The fraction of sp³-hybridized carbons (Fsp3) is 0.619. The molecule has 1 atom stereocenters. The fourth-order valence-corrected chi connectivity index (χ4v) is 4.55. The van der Waals surface area contributed by atoms with Gasteiger partial charge in [0.25, 0.3) is 0 Å². The Morgan fingerprint density at radius 3 is 2.32 bits per heavy atom. The zero-order valence-electron chi connectivity index (χ0n) is 17.4. The van der Waals surface area contributed by atoms with E-state index >= 15 is 0 Å². The van der Waals surface area contributed by atoms with Gasteiger partial charge in [-0.1, -0.05) is 0 Å². The van der Waals surface area contributed by atoms with Gasteiger partial charge in [-0.2, -0.15) is 0 Å². The van der Waals surface area contributed by atoms with E-state index in [1.165, 1.54) is 12.1 Å². The van der Waals surface area contributed by atoms with Gasteiger partial charge in [0.05, 0.1) is 0 Å². The van der Waals surface area contributed by atoms with E-state index in [1.807, 2.05) is 4.90 Å². The first-order valence-electron chi connectivity index (χ1n) is 10.8. The summed E-state index contributed by atoms with van der Waals surface area (Å²) < 4.78 is 44.5. The molecule has 0 aromatic heterocycles. The quantitative estimate of drug-likeness (QED) is 0.603. The number of piperazine rings is 1. The summed E-state index contributed by atoms with van der Waals surface area (Å²) in [5.41, 5.74) is -1.16. The maximum Gasteiger partial charge on any atom is 0.249 e. The van der Waals surface area contributed by atoms with Crippen molar-refractivity contribution in [3.63, 3.8) is 0 Å². The summed E-state index contributed by atoms with van der Waals surface area (Å²) in [6.07, 6.45) is 1.41. The van der Waals surface area contributed by atoms with Crippen LogP contribution in [0.1, 0.15) is 25.7 Å². The number of halogens is 3. The normalized spacial score (nSPS) is 24.7. The number of hydrogen-bond acceptors (Lipinski definition) is 6. The average molecular weight is 439 g/mol. The second-order valence-electron chi connectivity index (χ2n) is 8.60. The molecule has 3 N–H and O–H groups in total. The molecule has 2 amide bonds. The number of piperidine rings is 2. The van der Waals surface area contributed by atoms with Crippen molar-refractivity contribution < 1.29 is 22.8 Å². The Labute approximate surface area is 179 Å². The van der Waals surface area contributed by atoms with E-state index in [1.54, 1.807) is 4.90 Å². The average Bonchev–Trinajstić information content (AvgIpc) is 2.71. The van der Waals surface area contributed by atoms with Gasteiger partial charge in [-0.15, -0.1) is 0 Å². The Balaban J connectivity index is 1.37.